The Kier molecular flexibility index (Phi) is 12.7. The summed E-state index contributed by atoms with van der Waals surface area (Å²) in [6, 6.07) is 0.851. The van der Waals surface area contributed by atoms with Crippen LogP contribution in [0, 0.1) is 5.92 Å². The highest BCUT2D eigenvalue weighted by atomic mass is 32.2. The molecule has 6 rings (SSSR count). The zero-order valence-electron chi connectivity index (χ0n) is 30.5. The Hall–Kier alpha value is -4.33. The van der Waals surface area contributed by atoms with Crippen molar-refractivity contribution >= 4 is 75.1 Å². The summed E-state index contributed by atoms with van der Waals surface area (Å²) in [4.78, 5) is 88.0. The molecule has 2 fully saturated rings. The number of imide groups is 1. The van der Waals surface area contributed by atoms with E-state index in [1.165, 1.54) is 27.6 Å². The van der Waals surface area contributed by atoms with Crippen LogP contribution in [0.25, 0.3) is 0 Å². The lowest BCUT2D eigenvalue weighted by molar-refractivity contribution is -0.137. The van der Waals surface area contributed by atoms with Crippen LogP contribution in [0.4, 0.5) is 9.93 Å². The summed E-state index contributed by atoms with van der Waals surface area (Å²) in [5, 5.41) is 14.3. The fourth-order valence-electron chi connectivity index (χ4n) is 6.30. The third-order valence-corrected chi connectivity index (χ3v) is 12.6. The Morgan fingerprint density at radius 1 is 1.02 bits per heavy atom. The Morgan fingerprint density at radius 3 is 2.52 bits per heavy atom. The monoisotopic (exact) mass is 799 g/mol. The first kappa shape index (κ1) is 39.4. The van der Waals surface area contributed by atoms with E-state index in [1.54, 1.807) is 24.2 Å². The summed E-state index contributed by atoms with van der Waals surface area (Å²) in [6.07, 6.45) is 5.88. The number of carbonyl (C=O) groups is 6. The molecule has 16 nitrogen and oxygen atoms in total. The number of nitrogens with one attached hydrogen (secondary N) is 5. The zero-order chi connectivity index (χ0) is 38.4. The van der Waals surface area contributed by atoms with Crippen molar-refractivity contribution in [1.82, 2.24) is 41.0 Å². The third kappa shape index (κ3) is 10.2. The second-order valence-electron chi connectivity index (χ2n) is 14.5. The van der Waals surface area contributed by atoms with E-state index in [9.17, 15) is 28.8 Å². The molecular weight excluding hydrogens is 755 g/mol. The molecule has 0 aromatic carbocycles. The fraction of sp³-hybridized carbons (Fsp3) is 0.543. The molecule has 290 valence electrons. The molecule has 1 unspecified atom stereocenters. The van der Waals surface area contributed by atoms with Gasteiger partial charge >= 0.3 is 6.03 Å². The number of likely N-dealkylation sites (tertiary alicyclic amines) is 1. The minimum atomic E-state index is -0.653. The third-order valence-electron chi connectivity index (χ3n) is 9.30. The van der Waals surface area contributed by atoms with Crippen molar-refractivity contribution in [3.8, 4) is 0 Å². The van der Waals surface area contributed by atoms with Crippen LogP contribution in [-0.2, 0) is 43.4 Å². The summed E-state index contributed by atoms with van der Waals surface area (Å²) in [5.41, 5.74) is 0.710. The fourth-order valence-corrected chi connectivity index (χ4v) is 9.09. The second kappa shape index (κ2) is 17.4. The van der Waals surface area contributed by atoms with Gasteiger partial charge in [0.2, 0.25) is 29.5 Å². The number of nitrogens with zero attached hydrogens (tertiary/aromatic N) is 4. The molecule has 6 heterocycles. The van der Waals surface area contributed by atoms with Gasteiger partial charge in [0.25, 0.3) is 5.91 Å². The van der Waals surface area contributed by atoms with Gasteiger partial charge < -0.3 is 30.6 Å². The molecule has 7 amide bonds. The maximum absolute atomic E-state index is 12.9. The van der Waals surface area contributed by atoms with Gasteiger partial charge in [-0.1, -0.05) is 32.1 Å². The number of anilines is 1. The van der Waals surface area contributed by atoms with Gasteiger partial charge in [-0.05, 0) is 50.4 Å². The first-order valence-electron chi connectivity index (χ1n) is 17.9. The molecule has 3 aromatic heterocycles. The van der Waals surface area contributed by atoms with Gasteiger partial charge in [-0.2, -0.15) is 0 Å². The average Bonchev–Trinajstić information content (AvgIpc) is 3.93. The first-order chi connectivity index (χ1) is 25.8. The number of carbonyl (C=O) groups excluding carboxylic acids is 6. The Morgan fingerprint density at radius 2 is 1.80 bits per heavy atom. The molecule has 0 radical (unpaired) electrons. The number of piperidine rings is 2. The quantitative estimate of drug-likeness (QED) is 0.0909. The van der Waals surface area contributed by atoms with Crippen LogP contribution < -0.4 is 26.6 Å². The topological polar surface area (TPSA) is 208 Å². The molecule has 19 heteroatoms. The Labute approximate surface area is 325 Å². The lowest BCUT2D eigenvalue weighted by Crippen LogP contribution is -2.52. The van der Waals surface area contributed by atoms with Crippen molar-refractivity contribution in [2.24, 2.45) is 5.92 Å². The summed E-state index contributed by atoms with van der Waals surface area (Å²) in [6.45, 7) is 9.07. The minimum Gasteiger partial charge on any atom is -0.444 e. The van der Waals surface area contributed by atoms with Crippen molar-refractivity contribution in [2.75, 3.05) is 38.0 Å². The normalized spacial score (nSPS) is 18.0. The number of hydrogen-bond acceptors (Lipinski definition) is 13. The number of aromatic nitrogens is 2. The molecule has 1 atom stereocenters. The van der Waals surface area contributed by atoms with Crippen LogP contribution in [0.3, 0.4) is 0 Å². The molecule has 0 spiro atoms. The molecule has 3 aliphatic heterocycles. The second-order valence-corrected chi connectivity index (χ2v) is 17.9. The molecular formula is C35H45N9O7S3. The van der Waals surface area contributed by atoms with E-state index >= 15 is 0 Å². The molecule has 3 aromatic rings. The molecule has 0 saturated carbocycles. The molecule has 54 heavy (non-hydrogen) atoms. The highest BCUT2D eigenvalue weighted by Crippen LogP contribution is 2.34. The number of thiophene rings is 1. The largest absolute Gasteiger partial charge is 0.444 e. The van der Waals surface area contributed by atoms with Crippen molar-refractivity contribution in [3.05, 3.63) is 45.4 Å². The van der Waals surface area contributed by atoms with Crippen LogP contribution in [0.1, 0.15) is 84.6 Å². The van der Waals surface area contributed by atoms with Crippen LogP contribution in [-0.4, -0.2) is 94.1 Å². The van der Waals surface area contributed by atoms with E-state index in [1.807, 2.05) is 11.0 Å². The van der Waals surface area contributed by atoms with Gasteiger partial charge in [-0.15, -0.1) is 23.1 Å². The predicted molar refractivity (Wildman–Crippen MR) is 203 cm³/mol. The Balaban J connectivity index is 0.800. The molecule has 2 saturated heterocycles. The number of fused-ring (bicyclic) bond motifs is 1. The lowest BCUT2D eigenvalue weighted by atomic mass is 9.94. The van der Waals surface area contributed by atoms with Crippen molar-refractivity contribution in [3.63, 3.8) is 0 Å². The first-order valence-corrected chi connectivity index (χ1v) is 20.6. The molecule has 5 N–H and O–H groups in total. The number of urea groups is 1. The molecule has 0 aliphatic carbocycles. The molecule has 0 bridgehead atoms. The average molecular weight is 800 g/mol. The highest BCUT2D eigenvalue weighted by molar-refractivity contribution is 8.00. The number of amides is 7. The van der Waals surface area contributed by atoms with Gasteiger partial charge in [0.15, 0.2) is 5.13 Å². The predicted octanol–water partition coefficient (Wildman–Crippen LogP) is 3.20. The number of thioether (sulfide) groups is 1. The van der Waals surface area contributed by atoms with Gasteiger partial charge in [0.05, 0.1) is 40.3 Å². The number of hydrogen-bond donors (Lipinski definition) is 5. The number of thiazole rings is 1. The Bertz CT molecular complexity index is 1880. The van der Waals surface area contributed by atoms with E-state index in [4.69, 9.17) is 4.42 Å². The van der Waals surface area contributed by atoms with E-state index in [2.05, 4.69) is 57.3 Å². The van der Waals surface area contributed by atoms with Gasteiger partial charge in [0, 0.05) is 42.3 Å². The maximum Gasteiger partial charge on any atom is 0.315 e. The van der Waals surface area contributed by atoms with Crippen molar-refractivity contribution in [2.45, 2.75) is 87.4 Å². The van der Waals surface area contributed by atoms with Gasteiger partial charge in [-0.3, -0.25) is 34.2 Å². The van der Waals surface area contributed by atoms with Crippen molar-refractivity contribution in [1.29, 1.82) is 0 Å². The van der Waals surface area contributed by atoms with Crippen LogP contribution >= 0.6 is 34.4 Å². The number of rotatable bonds is 14. The van der Waals surface area contributed by atoms with E-state index in [0.717, 1.165) is 20.4 Å². The van der Waals surface area contributed by atoms with Gasteiger partial charge in [0.1, 0.15) is 11.8 Å². The van der Waals surface area contributed by atoms with Crippen molar-refractivity contribution < 1.29 is 33.2 Å². The lowest BCUT2D eigenvalue weighted by Gasteiger charge is -2.30. The molecule has 3 aliphatic rings. The number of oxazole rings is 1. The summed E-state index contributed by atoms with van der Waals surface area (Å²) >= 11 is 4.27. The smallest absolute Gasteiger partial charge is 0.315 e. The van der Waals surface area contributed by atoms with E-state index < -0.39 is 11.9 Å². The standard InChI is InChI=1S/C35H45N9O7S3/c1-35(2,3)24-15-38-27(51-24)19-52-28-16-40-34(54-28)42-30(47)20-7-11-43(12-8-20)18-26(46)36-9-4-10-37-33(50)39-14-22-13-21-17-44(32(49)29(21)53-22)23-5-6-25(45)41-31(23)48/h13,15-16,20,23H,4-12,14,17-19H2,1-3H3,(H,36,46)(H2,37,39,50)(H,40,42,47)(H,41,45,48). The van der Waals surface area contributed by atoms with E-state index in [-0.39, 0.29) is 60.5 Å². The SMILES string of the molecule is CC(C)(C)c1cnc(CSc2cnc(NC(=O)C3CCN(CC(=O)NCCCNC(=O)NCc4cc5c(s4)C(=O)N(C4CCC(=O)NC4=O)C5)CC3)s2)o1. The maximum atomic E-state index is 12.9. The highest BCUT2D eigenvalue weighted by Gasteiger charge is 2.40. The van der Waals surface area contributed by atoms with Crippen LogP contribution in [0.15, 0.2) is 27.1 Å². The van der Waals surface area contributed by atoms with Gasteiger partial charge in [-0.25, -0.2) is 14.8 Å². The summed E-state index contributed by atoms with van der Waals surface area (Å²) in [7, 11) is 0. The van der Waals surface area contributed by atoms with E-state index in [0.29, 0.717) is 80.1 Å². The summed E-state index contributed by atoms with van der Waals surface area (Å²) < 4.78 is 6.81. The van der Waals surface area contributed by atoms with Crippen LogP contribution in [0.5, 0.6) is 0 Å². The summed E-state index contributed by atoms with van der Waals surface area (Å²) in [5.74, 6) is 0.759. The minimum absolute atomic E-state index is 0.0587. The zero-order valence-corrected chi connectivity index (χ0v) is 32.9. The van der Waals surface area contributed by atoms with Crippen LogP contribution in [0.2, 0.25) is 0 Å².